The molecule has 1 aliphatic heterocycles. The second kappa shape index (κ2) is 9.77. The highest BCUT2D eigenvalue weighted by molar-refractivity contribution is 5.86. The molecular weight excluding hydrogens is 382 g/mol. The van der Waals surface area contributed by atoms with E-state index in [1.54, 1.807) is 20.8 Å². The number of carbonyl (C=O) groups is 2. The van der Waals surface area contributed by atoms with Crippen LogP contribution < -0.4 is 10.6 Å². The minimum atomic E-state index is -1.02. The number of carbonyl (C=O) groups excluding carboxylic acids is 1. The summed E-state index contributed by atoms with van der Waals surface area (Å²) in [4.78, 5) is 28.2. The van der Waals surface area contributed by atoms with Gasteiger partial charge in [-0.1, -0.05) is 26.8 Å². The number of carboxylic acids is 1. The number of rotatable bonds is 9. The summed E-state index contributed by atoms with van der Waals surface area (Å²) in [5.74, 6) is 0.413. The number of hydrogen-bond donors (Lipinski definition) is 3. The number of nitrogens with zero attached hydrogens (tertiary/aromatic N) is 1. The summed E-state index contributed by atoms with van der Waals surface area (Å²) in [5, 5.41) is 15.3. The number of hydrogen-bond acceptors (Lipinski definition) is 5. The van der Waals surface area contributed by atoms with Crippen molar-refractivity contribution >= 4 is 17.7 Å². The van der Waals surface area contributed by atoms with Crippen molar-refractivity contribution in [3.8, 4) is 0 Å². The van der Waals surface area contributed by atoms with Crippen LogP contribution in [0.4, 0.5) is 5.82 Å². The largest absolute Gasteiger partial charge is 0.480 e. The minimum absolute atomic E-state index is 0.195. The maximum absolute atomic E-state index is 12.0. The maximum atomic E-state index is 12.0. The molecule has 1 aromatic heterocycles. The number of anilines is 1. The Kier molecular flexibility index (Phi) is 7.34. The Morgan fingerprint density at radius 2 is 2.10 bits per heavy atom. The Balaban J connectivity index is 1.33. The zero-order chi connectivity index (χ0) is 21.7. The van der Waals surface area contributed by atoms with Crippen LogP contribution in [0.3, 0.4) is 0 Å². The molecule has 3 rings (SSSR count). The number of aromatic nitrogens is 1. The van der Waals surface area contributed by atoms with Gasteiger partial charge >= 0.3 is 5.97 Å². The molecule has 30 heavy (non-hydrogen) atoms. The summed E-state index contributed by atoms with van der Waals surface area (Å²) < 4.78 is 5.84. The fraction of sp³-hybridized carbons (Fsp3) is 0.696. The highest BCUT2D eigenvalue weighted by Crippen LogP contribution is 2.34. The number of ether oxygens (including phenoxy) is 1. The van der Waals surface area contributed by atoms with Crippen LogP contribution in [0.1, 0.15) is 64.1 Å². The van der Waals surface area contributed by atoms with Gasteiger partial charge in [-0.25, -0.2) is 9.78 Å². The van der Waals surface area contributed by atoms with Gasteiger partial charge in [0, 0.05) is 30.7 Å². The summed E-state index contributed by atoms with van der Waals surface area (Å²) >= 11 is 0. The third kappa shape index (κ3) is 6.17. The number of nitrogens with one attached hydrogen (secondary N) is 2. The standard InChI is InChI=1S/C23H35N3O4/c1-23(2,3)22(29)26-19(21(27)28)10-12-30-18-13-15(14-18)6-8-17-9-7-16-5-4-11-24-20(16)25-17/h7,9,15,18-19H,4-6,8,10-14H2,1-3H3,(H,24,25)(H,26,29)(H,27,28). The molecule has 2 heterocycles. The Morgan fingerprint density at radius 3 is 2.80 bits per heavy atom. The molecule has 1 atom stereocenters. The molecule has 0 radical (unpaired) electrons. The predicted molar refractivity (Wildman–Crippen MR) is 115 cm³/mol. The van der Waals surface area contributed by atoms with Crippen LogP contribution >= 0.6 is 0 Å². The molecule has 0 saturated heterocycles. The molecule has 7 heteroatoms. The molecular formula is C23H35N3O4. The molecule has 1 saturated carbocycles. The maximum Gasteiger partial charge on any atom is 0.326 e. The van der Waals surface area contributed by atoms with E-state index in [9.17, 15) is 14.7 Å². The van der Waals surface area contributed by atoms with Crippen molar-refractivity contribution in [2.45, 2.75) is 77.9 Å². The summed E-state index contributed by atoms with van der Waals surface area (Å²) in [7, 11) is 0. The molecule has 1 aliphatic carbocycles. The molecule has 0 aromatic carbocycles. The van der Waals surface area contributed by atoms with Crippen molar-refractivity contribution < 1.29 is 19.4 Å². The van der Waals surface area contributed by atoms with Gasteiger partial charge < -0.3 is 20.5 Å². The van der Waals surface area contributed by atoms with Crippen molar-refractivity contribution in [3.63, 3.8) is 0 Å². The second-order valence-corrected chi connectivity index (χ2v) is 9.61. The van der Waals surface area contributed by atoms with Crippen molar-refractivity contribution in [2.24, 2.45) is 11.3 Å². The second-order valence-electron chi connectivity index (χ2n) is 9.61. The Bertz CT molecular complexity index is 753. The number of aliphatic carboxylic acids is 1. The molecule has 1 fully saturated rings. The fourth-order valence-electron chi connectivity index (χ4n) is 3.89. The van der Waals surface area contributed by atoms with Crippen LogP contribution in [-0.2, 0) is 27.2 Å². The van der Waals surface area contributed by atoms with E-state index in [2.05, 4.69) is 22.8 Å². The normalized spacial score (nSPS) is 21.7. The monoisotopic (exact) mass is 417 g/mol. The van der Waals surface area contributed by atoms with Crippen LogP contribution in [0.25, 0.3) is 0 Å². The minimum Gasteiger partial charge on any atom is -0.480 e. The lowest BCUT2D eigenvalue weighted by molar-refractivity contribution is -0.144. The third-order valence-electron chi connectivity index (χ3n) is 6.00. The van der Waals surface area contributed by atoms with Crippen LogP contribution in [0.5, 0.6) is 0 Å². The van der Waals surface area contributed by atoms with Crippen LogP contribution in [0.2, 0.25) is 0 Å². The zero-order valence-electron chi connectivity index (χ0n) is 18.4. The van der Waals surface area contributed by atoms with Crippen molar-refractivity contribution in [1.82, 2.24) is 10.3 Å². The molecule has 2 aliphatic rings. The van der Waals surface area contributed by atoms with Crippen molar-refractivity contribution in [2.75, 3.05) is 18.5 Å². The molecule has 3 N–H and O–H groups in total. The lowest BCUT2D eigenvalue weighted by atomic mass is 9.79. The first-order chi connectivity index (χ1) is 14.2. The van der Waals surface area contributed by atoms with Crippen LogP contribution in [-0.4, -0.2) is 47.3 Å². The average molecular weight is 418 g/mol. The van der Waals surface area contributed by atoms with E-state index in [0.717, 1.165) is 50.2 Å². The number of carboxylic acid groups (broad SMARTS) is 1. The quantitative estimate of drug-likeness (QED) is 0.571. The fourth-order valence-corrected chi connectivity index (χ4v) is 3.89. The summed E-state index contributed by atoms with van der Waals surface area (Å²) in [6.45, 7) is 6.65. The van der Waals surface area contributed by atoms with Gasteiger partial charge in [0.2, 0.25) is 5.91 Å². The SMILES string of the molecule is CC(C)(C)C(=O)NC(CCOC1CC(CCc2ccc3c(n2)NCCC3)C1)C(=O)O. The van der Waals surface area contributed by atoms with Gasteiger partial charge in [-0.05, 0) is 56.1 Å². The highest BCUT2D eigenvalue weighted by Gasteiger charge is 2.31. The lowest BCUT2D eigenvalue weighted by Gasteiger charge is -2.35. The third-order valence-corrected chi connectivity index (χ3v) is 6.00. The lowest BCUT2D eigenvalue weighted by Crippen LogP contribution is -2.46. The van der Waals surface area contributed by atoms with Gasteiger partial charge in [0.25, 0.3) is 0 Å². The predicted octanol–water partition coefficient (Wildman–Crippen LogP) is 3.17. The van der Waals surface area contributed by atoms with E-state index in [1.807, 2.05) is 0 Å². The van der Waals surface area contributed by atoms with E-state index in [0.29, 0.717) is 12.5 Å². The van der Waals surface area contributed by atoms with Gasteiger partial charge in [0.1, 0.15) is 11.9 Å². The first kappa shape index (κ1) is 22.5. The van der Waals surface area contributed by atoms with E-state index in [4.69, 9.17) is 9.72 Å². The highest BCUT2D eigenvalue weighted by atomic mass is 16.5. The van der Waals surface area contributed by atoms with Crippen molar-refractivity contribution in [3.05, 3.63) is 23.4 Å². The number of aryl methyl sites for hydroxylation is 2. The number of pyridine rings is 1. The first-order valence-electron chi connectivity index (χ1n) is 11.1. The molecule has 7 nitrogen and oxygen atoms in total. The molecule has 166 valence electrons. The van der Waals surface area contributed by atoms with Gasteiger partial charge in [0.15, 0.2) is 0 Å². The molecule has 1 aromatic rings. The molecule has 1 unspecified atom stereocenters. The Morgan fingerprint density at radius 1 is 1.33 bits per heavy atom. The van der Waals surface area contributed by atoms with E-state index < -0.39 is 17.4 Å². The summed E-state index contributed by atoms with van der Waals surface area (Å²) in [6, 6.07) is 3.45. The molecule has 1 amide bonds. The van der Waals surface area contributed by atoms with Gasteiger partial charge in [-0.2, -0.15) is 0 Å². The summed E-state index contributed by atoms with van der Waals surface area (Å²) in [5.41, 5.74) is 1.85. The van der Waals surface area contributed by atoms with Crippen LogP contribution in [0, 0.1) is 11.3 Å². The number of fused-ring (bicyclic) bond motifs is 1. The van der Waals surface area contributed by atoms with E-state index >= 15 is 0 Å². The van der Waals surface area contributed by atoms with E-state index in [1.165, 1.54) is 12.0 Å². The first-order valence-corrected chi connectivity index (χ1v) is 11.1. The van der Waals surface area contributed by atoms with Gasteiger partial charge in [0.05, 0.1) is 6.10 Å². The Labute approximate surface area is 179 Å². The summed E-state index contributed by atoms with van der Waals surface area (Å²) in [6.07, 6.45) is 6.86. The van der Waals surface area contributed by atoms with Gasteiger partial charge in [-0.3, -0.25) is 4.79 Å². The molecule has 0 bridgehead atoms. The van der Waals surface area contributed by atoms with Crippen molar-refractivity contribution in [1.29, 1.82) is 0 Å². The topological polar surface area (TPSA) is 101 Å². The van der Waals surface area contributed by atoms with Crippen LogP contribution in [0.15, 0.2) is 12.1 Å². The zero-order valence-corrected chi connectivity index (χ0v) is 18.4. The number of amides is 1. The van der Waals surface area contributed by atoms with E-state index in [-0.39, 0.29) is 18.4 Å². The average Bonchev–Trinajstić information content (AvgIpc) is 2.66. The smallest absolute Gasteiger partial charge is 0.326 e. The molecule has 0 spiro atoms. The van der Waals surface area contributed by atoms with Gasteiger partial charge in [-0.15, -0.1) is 0 Å². The Hall–Kier alpha value is -2.15.